The molecule has 0 aliphatic carbocycles. The van der Waals surface area contributed by atoms with Crippen LogP contribution in [0.4, 0.5) is 0 Å². The molecule has 12 heavy (non-hydrogen) atoms. The molecule has 10 fully saturated rings. The van der Waals surface area contributed by atoms with Crippen LogP contribution in [0.2, 0.25) is 48.2 Å². The van der Waals surface area contributed by atoms with E-state index in [0.29, 0.717) is 0 Å². The summed E-state index contributed by atoms with van der Waals surface area (Å²) in [6.07, 6.45) is 0. The molecule has 0 nitrogen and oxygen atoms in total. The van der Waals surface area contributed by atoms with Crippen molar-refractivity contribution in [1.82, 2.24) is 0 Å². The van der Waals surface area contributed by atoms with Gasteiger partial charge in [0, 0.05) is 20.4 Å². The molecular weight excluding hydrogens is 282 g/mol. The number of hydrogen-bond donors (Lipinski definition) is 0. The van der Waals surface area contributed by atoms with Gasteiger partial charge in [-0.3, -0.25) is 0 Å². The Labute approximate surface area is 74.8 Å². The standard InChI is InChI=1S/2C5H5.Fe.Pd/c2*1-2-4-5-3-1;;/h2*1-5H;;. The molecule has 68 valence electrons. The van der Waals surface area contributed by atoms with Gasteiger partial charge in [-0.05, 0) is 0 Å². The van der Waals surface area contributed by atoms with E-state index in [1.165, 1.54) is 0 Å². The third-order valence-electron chi connectivity index (χ3n) is 14.5. The molecule has 0 bridgehead atoms. The number of fused-ring (bicyclic) bond motifs is 10. The first kappa shape index (κ1) is 4.36. The minimum atomic E-state index is -2.28. The van der Waals surface area contributed by atoms with Crippen LogP contribution in [0.15, 0.2) is 0 Å². The molecular formula is C10H10FePd. The molecule has 0 radical (unpaired) electrons. The smallest absolute Gasteiger partial charge is 0 e. The van der Waals surface area contributed by atoms with E-state index in [0.717, 1.165) is 0 Å². The second kappa shape index (κ2) is 0.262. The minimum Gasteiger partial charge on any atom is 0 e. The summed E-state index contributed by atoms with van der Waals surface area (Å²) in [7, 11) is 0. The molecule has 0 N–H and O–H groups in total. The number of hydrogen-bond acceptors (Lipinski definition) is 0. The summed E-state index contributed by atoms with van der Waals surface area (Å²) in [5, 5.41) is 0. The van der Waals surface area contributed by atoms with Gasteiger partial charge in [-0.15, -0.1) is 0 Å². The molecule has 10 heterocycles. The molecule has 1 spiro atoms. The van der Waals surface area contributed by atoms with Crippen LogP contribution < -0.4 is 0 Å². The van der Waals surface area contributed by atoms with Gasteiger partial charge in [0.25, 0.3) is 0 Å². The predicted molar refractivity (Wildman–Crippen MR) is 37.5 cm³/mol. The van der Waals surface area contributed by atoms with Crippen molar-refractivity contribution >= 4 is 0 Å². The first-order valence-corrected chi connectivity index (χ1v) is 11.7. The van der Waals surface area contributed by atoms with E-state index in [2.05, 4.69) is 0 Å². The summed E-state index contributed by atoms with van der Waals surface area (Å²) in [6, 6.07) is 0. The SMILES string of the molecule is [CH]12[CH]3[CH]4[CH]5[CH]1[Fe]23451678[CH]2[CH]1[CH]6[CH]7[CH]28.[Pd]. The molecule has 0 saturated carbocycles. The maximum absolute atomic E-state index is 2.28. The quantitative estimate of drug-likeness (QED) is 0.601. The Hall–Kier alpha value is 1.18. The summed E-state index contributed by atoms with van der Waals surface area (Å²) >= 11 is 0. The van der Waals surface area contributed by atoms with Gasteiger partial charge in [0.05, 0.1) is 0 Å². The van der Waals surface area contributed by atoms with Gasteiger partial charge in [-0.2, -0.15) is 0 Å². The van der Waals surface area contributed by atoms with Crippen LogP contribution in [0.3, 0.4) is 0 Å². The molecule has 10 saturated heterocycles. The Morgan fingerprint density at radius 2 is 0.583 bits per heavy atom. The van der Waals surface area contributed by atoms with E-state index in [9.17, 15) is 0 Å². The molecule has 10 rings (SSSR count). The van der Waals surface area contributed by atoms with Crippen LogP contribution in [-0.2, 0) is 26.9 Å². The zero-order valence-corrected chi connectivity index (χ0v) is 9.10. The van der Waals surface area contributed by atoms with Crippen LogP contribution in [0.5, 0.6) is 0 Å². The zero-order valence-electron chi connectivity index (χ0n) is 6.44. The van der Waals surface area contributed by atoms with Gasteiger partial charge >= 0.3 is 54.7 Å². The van der Waals surface area contributed by atoms with E-state index in [1.54, 1.807) is 48.2 Å². The van der Waals surface area contributed by atoms with Gasteiger partial charge in [-0.1, -0.05) is 0 Å². The van der Waals surface area contributed by atoms with E-state index in [-0.39, 0.29) is 20.4 Å². The summed E-state index contributed by atoms with van der Waals surface area (Å²) in [5.74, 6) is 0. The third-order valence-corrected chi connectivity index (χ3v) is 56.5. The summed E-state index contributed by atoms with van der Waals surface area (Å²) in [6.45, 7) is -2.28. The van der Waals surface area contributed by atoms with E-state index in [1.807, 2.05) is 0 Å². The average molecular weight is 292 g/mol. The average Bonchev–Trinajstić information content (AvgIpc) is 3.01. The normalized spacial score (nSPS) is 157. The van der Waals surface area contributed by atoms with E-state index < -0.39 is 6.51 Å². The molecule has 0 atom stereocenters. The third kappa shape index (κ3) is 0.0286. The Morgan fingerprint density at radius 3 is 0.583 bits per heavy atom. The van der Waals surface area contributed by atoms with E-state index in [4.69, 9.17) is 0 Å². The number of rotatable bonds is 0. The van der Waals surface area contributed by atoms with Crippen LogP contribution in [0.1, 0.15) is 0 Å². The van der Waals surface area contributed by atoms with Gasteiger partial charge in [0.2, 0.25) is 0 Å². The Bertz CT molecular complexity index is 577. The van der Waals surface area contributed by atoms with Gasteiger partial charge in [-0.25, -0.2) is 0 Å². The summed E-state index contributed by atoms with van der Waals surface area (Å²) < 4.78 is 0. The van der Waals surface area contributed by atoms with Crippen molar-refractivity contribution in [2.75, 3.05) is 0 Å². The molecule has 0 unspecified atom stereocenters. The Morgan fingerprint density at radius 1 is 0.417 bits per heavy atom. The first-order valence-electron chi connectivity index (χ1n) is 5.37. The van der Waals surface area contributed by atoms with Crippen molar-refractivity contribution in [3.8, 4) is 0 Å². The molecule has 10 aliphatic heterocycles. The Kier molecular flexibility index (Phi) is 0.0954. The zero-order chi connectivity index (χ0) is 6.09. The van der Waals surface area contributed by atoms with Crippen molar-refractivity contribution in [3.05, 3.63) is 0 Å². The molecule has 0 aromatic rings. The molecule has 0 aromatic heterocycles. The molecule has 10 aliphatic rings. The summed E-state index contributed by atoms with van der Waals surface area (Å²) in [4.78, 5) is 15.9. The maximum Gasteiger partial charge on any atom is 0 e. The second-order valence-electron chi connectivity index (χ2n) is 9.58. The minimum absolute atomic E-state index is 0. The fourth-order valence-electron chi connectivity index (χ4n) is 15.8. The molecule has 2 heteroatoms. The van der Waals surface area contributed by atoms with Crippen LogP contribution in [-0.4, -0.2) is 0 Å². The predicted octanol–water partition coefficient (Wildman–Crippen LogP) is 3.37. The molecule has 0 amide bonds. The van der Waals surface area contributed by atoms with Crippen molar-refractivity contribution in [2.45, 2.75) is 48.2 Å². The molecule has 0 aromatic carbocycles. The topological polar surface area (TPSA) is 0 Å². The largest absolute Gasteiger partial charge is 0 e. The van der Waals surface area contributed by atoms with Crippen molar-refractivity contribution in [2.24, 2.45) is 0 Å². The van der Waals surface area contributed by atoms with Gasteiger partial charge in [0.1, 0.15) is 0 Å². The van der Waals surface area contributed by atoms with E-state index >= 15 is 0 Å². The van der Waals surface area contributed by atoms with Crippen molar-refractivity contribution in [3.63, 3.8) is 0 Å². The van der Waals surface area contributed by atoms with Crippen LogP contribution in [0.25, 0.3) is 0 Å². The monoisotopic (exact) mass is 292 g/mol. The maximum atomic E-state index is 1.59. The van der Waals surface area contributed by atoms with Crippen molar-refractivity contribution in [1.29, 1.82) is 0 Å². The van der Waals surface area contributed by atoms with Crippen LogP contribution in [0, 0.1) is 0 Å². The second-order valence-corrected chi connectivity index (χ2v) is 33.5. The van der Waals surface area contributed by atoms with Gasteiger partial charge < -0.3 is 0 Å². The fourth-order valence-corrected chi connectivity index (χ4v) is 88.0. The summed E-state index contributed by atoms with van der Waals surface area (Å²) in [5.41, 5.74) is 0. The van der Waals surface area contributed by atoms with Crippen LogP contribution >= 0.6 is 0 Å². The van der Waals surface area contributed by atoms with Crippen molar-refractivity contribution < 1.29 is 26.9 Å². The van der Waals surface area contributed by atoms with Gasteiger partial charge in [0.15, 0.2) is 0 Å². The fraction of sp³-hybridized carbons (Fsp3) is 1.00. The Balaban J connectivity index is 0.000000400. The first-order chi connectivity index (χ1) is 5.16.